The molecule has 0 saturated heterocycles. The predicted molar refractivity (Wildman–Crippen MR) is 69.5 cm³/mol. The number of rotatable bonds is 4. The van der Waals surface area contributed by atoms with Gasteiger partial charge >= 0.3 is 0 Å². The van der Waals surface area contributed by atoms with Crippen LogP contribution in [0.4, 0.5) is 8.78 Å². The topological polar surface area (TPSA) is 55.1 Å². The molecule has 0 radical (unpaired) electrons. The number of hydrogen-bond acceptors (Lipinski definition) is 2. The Morgan fingerprint density at radius 3 is 2.50 bits per heavy atom. The molecular formula is C12H17ClF2N2O. The summed E-state index contributed by atoms with van der Waals surface area (Å²) in [5.74, 6) is -3.57. The van der Waals surface area contributed by atoms with Crippen LogP contribution in [0.3, 0.4) is 0 Å². The highest BCUT2D eigenvalue weighted by molar-refractivity contribution is 5.95. The lowest BCUT2D eigenvalue weighted by molar-refractivity contribution is 0.0118. The lowest BCUT2D eigenvalue weighted by Gasteiger charge is -2.15. The molecule has 1 aromatic carbocycles. The third kappa shape index (κ3) is 4.58. The number of benzene rings is 1. The standard InChI is InChI=1S/C12H16F2N2O.ClH/c1-8-3-4-10(9(2)5-8)11(17)16-7-12(13,14)6-15;/h3-5H,6-7,15H2,1-2H3,(H,16,17);1H. The van der Waals surface area contributed by atoms with Crippen molar-refractivity contribution in [3.63, 3.8) is 0 Å². The largest absolute Gasteiger partial charge is 0.346 e. The van der Waals surface area contributed by atoms with Crippen LogP contribution in [0.1, 0.15) is 21.5 Å². The summed E-state index contributed by atoms with van der Waals surface area (Å²) in [4.78, 5) is 11.7. The first kappa shape index (κ1) is 16.8. The quantitative estimate of drug-likeness (QED) is 0.886. The van der Waals surface area contributed by atoms with Gasteiger partial charge in [-0.15, -0.1) is 12.4 Å². The number of halogens is 3. The normalized spacial score (nSPS) is 10.7. The van der Waals surface area contributed by atoms with Crippen LogP contribution in [0.2, 0.25) is 0 Å². The third-order valence-electron chi connectivity index (χ3n) is 2.43. The molecule has 0 aromatic heterocycles. The van der Waals surface area contributed by atoms with Gasteiger partial charge in [0.1, 0.15) is 0 Å². The van der Waals surface area contributed by atoms with Crippen LogP contribution in [-0.2, 0) is 0 Å². The van der Waals surface area contributed by atoms with E-state index < -0.39 is 24.9 Å². The van der Waals surface area contributed by atoms with Crippen molar-refractivity contribution in [2.45, 2.75) is 19.8 Å². The van der Waals surface area contributed by atoms with Gasteiger partial charge in [-0.25, -0.2) is 8.78 Å². The van der Waals surface area contributed by atoms with E-state index >= 15 is 0 Å². The molecule has 0 atom stereocenters. The minimum absolute atomic E-state index is 0. The monoisotopic (exact) mass is 278 g/mol. The van der Waals surface area contributed by atoms with Crippen LogP contribution < -0.4 is 11.1 Å². The molecule has 3 nitrogen and oxygen atoms in total. The minimum Gasteiger partial charge on any atom is -0.346 e. The van der Waals surface area contributed by atoms with Gasteiger partial charge in [0.2, 0.25) is 0 Å². The number of nitrogens with two attached hydrogens (primary N) is 1. The molecular weight excluding hydrogens is 262 g/mol. The number of carbonyl (C=O) groups is 1. The first-order valence-electron chi connectivity index (χ1n) is 5.29. The smallest absolute Gasteiger partial charge is 0.277 e. The Hall–Kier alpha value is -1.20. The maximum Gasteiger partial charge on any atom is 0.277 e. The summed E-state index contributed by atoms with van der Waals surface area (Å²) in [6.45, 7) is 2.15. The van der Waals surface area contributed by atoms with E-state index in [0.717, 1.165) is 11.1 Å². The molecule has 0 saturated carbocycles. The highest BCUT2D eigenvalue weighted by Gasteiger charge is 2.27. The van der Waals surface area contributed by atoms with Crippen molar-refractivity contribution in [3.05, 3.63) is 34.9 Å². The summed E-state index contributed by atoms with van der Waals surface area (Å²) in [5.41, 5.74) is 7.07. The maximum absolute atomic E-state index is 12.9. The minimum atomic E-state index is -3.06. The van der Waals surface area contributed by atoms with Gasteiger partial charge in [0, 0.05) is 5.56 Å². The molecule has 0 spiro atoms. The van der Waals surface area contributed by atoms with E-state index in [4.69, 9.17) is 5.73 Å². The van der Waals surface area contributed by atoms with E-state index in [0.29, 0.717) is 5.56 Å². The maximum atomic E-state index is 12.9. The van der Waals surface area contributed by atoms with Crippen molar-refractivity contribution in [2.24, 2.45) is 5.73 Å². The van der Waals surface area contributed by atoms with Gasteiger partial charge in [-0.05, 0) is 25.5 Å². The fraction of sp³-hybridized carbons (Fsp3) is 0.417. The van der Waals surface area contributed by atoms with Gasteiger partial charge in [-0.1, -0.05) is 17.7 Å². The Morgan fingerprint density at radius 2 is 2.00 bits per heavy atom. The van der Waals surface area contributed by atoms with Crippen LogP contribution in [0.15, 0.2) is 18.2 Å². The van der Waals surface area contributed by atoms with Gasteiger partial charge in [-0.3, -0.25) is 4.79 Å². The Morgan fingerprint density at radius 1 is 1.39 bits per heavy atom. The average Bonchev–Trinajstić information content (AvgIpc) is 2.26. The molecule has 1 aromatic rings. The third-order valence-corrected chi connectivity index (χ3v) is 2.43. The van der Waals surface area contributed by atoms with Crippen molar-refractivity contribution in [2.75, 3.05) is 13.1 Å². The van der Waals surface area contributed by atoms with E-state index in [1.807, 2.05) is 13.0 Å². The highest BCUT2D eigenvalue weighted by Crippen LogP contribution is 2.12. The average molecular weight is 279 g/mol. The molecule has 6 heteroatoms. The zero-order valence-electron chi connectivity index (χ0n) is 10.3. The van der Waals surface area contributed by atoms with E-state index in [-0.39, 0.29) is 12.4 Å². The molecule has 18 heavy (non-hydrogen) atoms. The molecule has 1 rings (SSSR count). The molecule has 0 aliphatic rings. The Kier molecular flexibility index (Phi) is 6.21. The van der Waals surface area contributed by atoms with Crippen molar-refractivity contribution in [1.29, 1.82) is 0 Å². The number of alkyl halides is 2. The Balaban J connectivity index is 0.00000289. The van der Waals surface area contributed by atoms with Crippen LogP contribution in [-0.4, -0.2) is 24.9 Å². The number of amides is 1. The predicted octanol–water partition coefficient (Wildman–Crippen LogP) is 2.05. The van der Waals surface area contributed by atoms with Crippen LogP contribution in [0, 0.1) is 13.8 Å². The molecule has 0 aliphatic carbocycles. The summed E-state index contributed by atoms with van der Waals surface area (Å²) >= 11 is 0. The molecule has 0 aliphatic heterocycles. The van der Waals surface area contributed by atoms with Crippen LogP contribution in [0.25, 0.3) is 0 Å². The van der Waals surface area contributed by atoms with Crippen LogP contribution in [0.5, 0.6) is 0 Å². The first-order valence-corrected chi connectivity index (χ1v) is 5.29. The SMILES string of the molecule is Cc1ccc(C(=O)NCC(F)(F)CN)c(C)c1.Cl. The Labute approximate surface area is 111 Å². The molecule has 0 unspecified atom stereocenters. The van der Waals surface area contributed by atoms with Crippen molar-refractivity contribution >= 4 is 18.3 Å². The van der Waals surface area contributed by atoms with E-state index in [2.05, 4.69) is 5.32 Å². The van der Waals surface area contributed by atoms with E-state index in [1.165, 1.54) is 0 Å². The van der Waals surface area contributed by atoms with Gasteiger partial charge < -0.3 is 11.1 Å². The fourth-order valence-electron chi connectivity index (χ4n) is 1.45. The van der Waals surface area contributed by atoms with Crippen molar-refractivity contribution < 1.29 is 13.6 Å². The van der Waals surface area contributed by atoms with Gasteiger partial charge in [0.15, 0.2) is 0 Å². The second-order valence-corrected chi connectivity index (χ2v) is 4.06. The second-order valence-electron chi connectivity index (χ2n) is 4.06. The van der Waals surface area contributed by atoms with Crippen molar-refractivity contribution in [3.8, 4) is 0 Å². The zero-order chi connectivity index (χ0) is 13.1. The first-order chi connectivity index (χ1) is 7.85. The summed E-state index contributed by atoms with van der Waals surface area (Å²) in [6, 6.07) is 5.22. The second kappa shape index (κ2) is 6.66. The van der Waals surface area contributed by atoms with Crippen molar-refractivity contribution in [1.82, 2.24) is 5.32 Å². The van der Waals surface area contributed by atoms with E-state index in [9.17, 15) is 13.6 Å². The summed E-state index contributed by atoms with van der Waals surface area (Å²) in [5, 5.41) is 2.18. The molecule has 3 N–H and O–H groups in total. The molecule has 1 amide bonds. The molecule has 0 heterocycles. The van der Waals surface area contributed by atoms with Gasteiger partial charge in [0.25, 0.3) is 11.8 Å². The summed E-state index contributed by atoms with van der Waals surface area (Å²) in [6.07, 6.45) is 0. The number of carbonyl (C=O) groups excluding carboxylic acids is 1. The molecule has 102 valence electrons. The highest BCUT2D eigenvalue weighted by atomic mass is 35.5. The summed E-state index contributed by atoms with van der Waals surface area (Å²) < 4.78 is 25.7. The molecule has 0 fully saturated rings. The van der Waals surface area contributed by atoms with Gasteiger partial charge in [0.05, 0.1) is 13.1 Å². The Bertz CT molecular complexity index is 425. The number of nitrogens with one attached hydrogen (secondary N) is 1. The fourth-order valence-corrected chi connectivity index (χ4v) is 1.45. The lowest BCUT2D eigenvalue weighted by Crippen LogP contribution is -2.41. The van der Waals surface area contributed by atoms with Crippen LogP contribution >= 0.6 is 12.4 Å². The van der Waals surface area contributed by atoms with E-state index in [1.54, 1.807) is 19.1 Å². The van der Waals surface area contributed by atoms with Gasteiger partial charge in [-0.2, -0.15) is 0 Å². The number of aryl methyl sites for hydroxylation is 2. The lowest BCUT2D eigenvalue weighted by atomic mass is 10.1. The number of hydrogen-bond donors (Lipinski definition) is 2. The molecule has 0 bridgehead atoms. The summed E-state index contributed by atoms with van der Waals surface area (Å²) in [7, 11) is 0. The zero-order valence-corrected chi connectivity index (χ0v) is 11.1.